The number of aromatic nitrogens is 2. The fourth-order valence-corrected chi connectivity index (χ4v) is 3.03. The molecule has 2 rings (SSSR count). The first-order valence-corrected chi connectivity index (χ1v) is 7.60. The summed E-state index contributed by atoms with van der Waals surface area (Å²) in [5.41, 5.74) is 7.06. The maximum atomic E-state index is 5.97. The van der Waals surface area contributed by atoms with E-state index in [0.29, 0.717) is 11.9 Å². The number of hydrogen-bond acceptors (Lipinski definition) is 4. The molecule has 4 nitrogen and oxygen atoms in total. The second kappa shape index (κ2) is 6.73. The molecule has 106 valence electrons. The molecule has 1 saturated carbocycles. The molecule has 0 aromatic carbocycles. The summed E-state index contributed by atoms with van der Waals surface area (Å²) >= 11 is 0. The summed E-state index contributed by atoms with van der Waals surface area (Å²) in [6.07, 6.45) is 10.1. The van der Waals surface area contributed by atoms with Crippen molar-refractivity contribution < 1.29 is 0 Å². The molecule has 1 heterocycles. The van der Waals surface area contributed by atoms with Crippen molar-refractivity contribution in [2.45, 2.75) is 64.8 Å². The molecule has 0 saturated heterocycles. The molecular weight excluding hydrogens is 236 g/mol. The minimum atomic E-state index is 0.545. The third-order valence-corrected chi connectivity index (χ3v) is 4.18. The van der Waals surface area contributed by atoms with Gasteiger partial charge in [0, 0.05) is 11.6 Å². The fourth-order valence-electron chi connectivity index (χ4n) is 3.03. The van der Waals surface area contributed by atoms with E-state index in [1.807, 2.05) is 0 Å². The van der Waals surface area contributed by atoms with E-state index < -0.39 is 0 Å². The normalized spacial score (nSPS) is 23.3. The lowest BCUT2D eigenvalue weighted by Gasteiger charge is -2.30. The van der Waals surface area contributed by atoms with Crippen LogP contribution in [0, 0.1) is 5.92 Å². The van der Waals surface area contributed by atoms with Crippen LogP contribution in [0.2, 0.25) is 0 Å². The van der Waals surface area contributed by atoms with Gasteiger partial charge in [0.25, 0.3) is 0 Å². The Hall–Kier alpha value is -1.32. The van der Waals surface area contributed by atoms with Gasteiger partial charge in [-0.15, -0.1) is 0 Å². The Bertz CT molecular complexity index is 405. The molecule has 0 radical (unpaired) electrons. The average Bonchev–Trinajstić information content (AvgIpc) is 2.43. The van der Waals surface area contributed by atoms with Crippen LogP contribution in [0.1, 0.15) is 57.9 Å². The molecule has 19 heavy (non-hydrogen) atoms. The Balaban J connectivity index is 2.07. The van der Waals surface area contributed by atoms with Gasteiger partial charge in [0.05, 0.1) is 0 Å². The van der Waals surface area contributed by atoms with Crippen molar-refractivity contribution in [3.8, 4) is 0 Å². The van der Waals surface area contributed by atoms with Gasteiger partial charge in [0.1, 0.15) is 18.0 Å². The number of nitrogens with two attached hydrogens (primary N) is 1. The molecule has 1 fully saturated rings. The lowest BCUT2D eigenvalue weighted by atomic mass is 9.84. The summed E-state index contributed by atoms with van der Waals surface area (Å²) in [7, 11) is 0. The van der Waals surface area contributed by atoms with E-state index in [-0.39, 0.29) is 0 Å². The largest absolute Gasteiger partial charge is 0.383 e. The second-order valence-electron chi connectivity index (χ2n) is 5.62. The number of nitrogens with zero attached hydrogens (tertiary/aromatic N) is 2. The van der Waals surface area contributed by atoms with Crippen LogP contribution in [0.3, 0.4) is 0 Å². The van der Waals surface area contributed by atoms with Gasteiger partial charge in [-0.2, -0.15) is 0 Å². The quantitative estimate of drug-likeness (QED) is 0.853. The van der Waals surface area contributed by atoms with Crippen molar-refractivity contribution in [2.24, 2.45) is 5.92 Å². The summed E-state index contributed by atoms with van der Waals surface area (Å²) in [5.74, 6) is 2.44. The maximum absolute atomic E-state index is 5.97. The Morgan fingerprint density at radius 3 is 2.89 bits per heavy atom. The monoisotopic (exact) mass is 262 g/mol. The lowest BCUT2D eigenvalue weighted by molar-refractivity contribution is 0.327. The summed E-state index contributed by atoms with van der Waals surface area (Å²) in [6.45, 7) is 4.45. The Kier molecular flexibility index (Phi) is 5.00. The molecular formula is C15H26N4. The molecule has 1 aromatic heterocycles. The van der Waals surface area contributed by atoms with Crippen molar-refractivity contribution in [2.75, 3.05) is 11.1 Å². The standard InChI is InChI=1S/C15H26N4/c1-3-6-13-14(16)17-10-18-15(13)19-12-8-5-7-11(4-2)9-12/h10-12H,3-9H2,1-2H3,(H3,16,17,18,19). The summed E-state index contributed by atoms with van der Waals surface area (Å²) in [6, 6.07) is 0.545. The van der Waals surface area contributed by atoms with E-state index in [4.69, 9.17) is 5.73 Å². The first-order chi connectivity index (χ1) is 9.24. The second-order valence-corrected chi connectivity index (χ2v) is 5.62. The van der Waals surface area contributed by atoms with Gasteiger partial charge in [-0.3, -0.25) is 0 Å². The van der Waals surface area contributed by atoms with Crippen LogP contribution >= 0.6 is 0 Å². The van der Waals surface area contributed by atoms with Gasteiger partial charge >= 0.3 is 0 Å². The van der Waals surface area contributed by atoms with Gasteiger partial charge in [0.2, 0.25) is 0 Å². The van der Waals surface area contributed by atoms with E-state index in [1.165, 1.54) is 32.1 Å². The van der Waals surface area contributed by atoms with Crippen LogP contribution in [0.15, 0.2) is 6.33 Å². The number of rotatable bonds is 5. The fraction of sp³-hybridized carbons (Fsp3) is 0.733. The van der Waals surface area contributed by atoms with Gasteiger partial charge < -0.3 is 11.1 Å². The van der Waals surface area contributed by atoms with E-state index in [9.17, 15) is 0 Å². The highest BCUT2D eigenvalue weighted by Crippen LogP contribution is 2.29. The third-order valence-electron chi connectivity index (χ3n) is 4.18. The molecule has 2 unspecified atom stereocenters. The van der Waals surface area contributed by atoms with E-state index in [0.717, 1.165) is 30.1 Å². The third kappa shape index (κ3) is 3.58. The Morgan fingerprint density at radius 2 is 2.16 bits per heavy atom. The molecule has 1 aromatic rings. The molecule has 4 heteroatoms. The molecule has 3 N–H and O–H groups in total. The highest BCUT2D eigenvalue weighted by atomic mass is 15.1. The first-order valence-electron chi connectivity index (χ1n) is 7.60. The zero-order valence-electron chi connectivity index (χ0n) is 12.2. The lowest BCUT2D eigenvalue weighted by Crippen LogP contribution is -2.28. The van der Waals surface area contributed by atoms with Crippen LogP contribution in [0.5, 0.6) is 0 Å². The minimum Gasteiger partial charge on any atom is -0.383 e. The van der Waals surface area contributed by atoms with Crippen LogP contribution in [0.4, 0.5) is 11.6 Å². The molecule has 0 aliphatic heterocycles. The maximum Gasteiger partial charge on any atom is 0.134 e. The Morgan fingerprint density at radius 1 is 1.32 bits per heavy atom. The van der Waals surface area contributed by atoms with Crippen LogP contribution in [-0.2, 0) is 6.42 Å². The van der Waals surface area contributed by atoms with Gasteiger partial charge in [-0.25, -0.2) is 9.97 Å². The predicted octanol–water partition coefficient (Wildman–Crippen LogP) is 3.39. The SMILES string of the molecule is CCCc1c(N)ncnc1NC1CCCC(CC)C1. The molecule has 2 atom stereocenters. The Labute approximate surface area is 116 Å². The molecule has 0 spiro atoms. The van der Waals surface area contributed by atoms with E-state index in [2.05, 4.69) is 29.1 Å². The van der Waals surface area contributed by atoms with Crippen molar-refractivity contribution in [1.82, 2.24) is 9.97 Å². The minimum absolute atomic E-state index is 0.545. The highest BCUT2D eigenvalue weighted by molar-refractivity contribution is 5.55. The number of nitrogen functional groups attached to an aromatic ring is 1. The van der Waals surface area contributed by atoms with Crippen LogP contribution in [0.25, 0.3) is 0 Å². The number of anilines is 2. The molecule has 1 aliphatic carbocycles. The summed E-state index contributed by atoms with van der Waals surface area (Å²) < 4.78 is 0. The molecule has 0 bridgehead atoms. The number of nitrogens with one attached hydrogen (secondary N) is 1. The smallest absolute Gasteiger partial charge is 0.134 e. The average molecular weight is 262 g/mol. The van der Waals surface area contributed by atoms with E-state index in [1.54, 1.807) is 6.33 Å². The van der Waals surface area contributed by atoms with E-state index >= 15 is 0 Å². The van der Waals surface area contributed by atoms with Crippen molar-refractivity contribution in [3.63, 3.8) is 0 Å². The van der Waals surface area contributed by atoms with Gasteiger partial charge in [0.15, 0.2) is 0 Å². The number of hydrogen-bond donors (Lipinski definition) is 2. The molecule has 1 aliphatic rings. The van der Waals surface area contributed by atoms with Crippen molar-refractivity contribution in [3.05, 3.63) is 11.9 Å². The highest BCUT2D eigenvalue weighted by Gasteiger charge is 2.22. The zero-order chi connectivity index (χ0) is 13.7. The van der Waals surface area contributed by atoms with Crippen molar-refractivity contribution >= 4 is 11.6 Å². The zero-order valence-corrected chi connectivity index (χ0v) is 12.2. The summed E-state index contributed by atoms with van der Waals surface area (Å²) in [4.78, 5) is 8.51. The van der Waals surface area contributed by atoms with Gasteiger partial charge in [-0.1, -0.05) is 39.5 Å². The molecule has 0 amide bonds. The van der Waals surface area contributed by atoms with Gasteiger partial charge in [-0.05, 0) is 25.2 Å². The first kappa shape index (κ1) is 14.1. The van der Waals surface area contributed by atoms with Crippen LogP contribution < -0.4 is 11.1 Å². The van der Waals surface area contributed by atoms with Crippen LogP contribution in [-0.4, -0.2) is 16.0 Å². The topological polar surface area (TPSA) is 63.8 Å². The van der Waals surface area contributed by atoms with Crippen molar-refractivity contribution in [1.29, 1.82) is 0 Å². The predicted molar refractivity (Wildman–Crippen MR) is 80.1 cm³/mol. The summed E-state index contributed by atoms with van der Waals surface area (Å²) in [5, 5.41) is 3.61.